The van der Waals surface area contributed by atoms with Gasteiger partial charge in [-0.1, -0.05) is 35.7 Å². The summed E-state index contributed by atoms with van der Waals surface area (Å²) in [4.78, 5) is 32.3. The largest absolute Gasteiger partial charge is 0.325 e. The smallest absolute Gasteiger partial charge is 0.258 e. The van der Waals surface area contributed by atoms with Crippen molar-refractivity contribution in [1.82, 2.24) is 14.3 Å². The molecular formula is C22H22Cl2N4O2. The first-order chi connectivity index (χ1) is 14.4. The van der Waals surface area contributed by atoms with Crippen LogP contribution in [0.2, 0.25) is 10.0 Å². The fourth-order valence-corrected chi connectivity index (χ4v) is 4.17. The molecule has 1 unspecified atom stereocenters. The molecule has 1 fully saturated rings. The van der Waals surface area contributed by atoms with Crippen molar-refractivity contribution in [3.05, 3.63) is 74.3 Å². The predicted octanol–water partition coefficient (Wildman–Crippen LogP) is 4.30. The van der Waals surface area contributed by atoms with Gasteiger partial charge in [-0.05, 0) is 56.1 Å². The number of amides is 1. The molecule has 3 aromatic rings. The number of fused-ring (bicyclic) bond motifs is 1. The molecule has 30 heavy (non-hydrogen) atoms. The van der Waals surface area contributed by atoms with Crippen molar-refractivity contribution >= 4 is 40.4 Å². The van der Waals surface area contributed by atoms with Gasteiger partial charge in [-0.25, -0.2) is 4.98 Å². The molecule has 156 valence electrons. The van der Waals surface area contributed by atoms with Crippen LogP contribution in [0.3, 0.4) is 0 Å². The molecule has 0 radical (unpaired) electrons. The number of halogens is 2. The number of nitrogens with zero attached hydrogens (tertiary/aromatic N) is 3. The first-order valence-corrected chi connectivity index (χ1v) is 10.7. The van der Waals surface area contributed by atoms with Crippen LogP contribution in [0.25, 0.3) is 5.65 Å². The summed E-state index contributed by atoms with van der Waals surface area (Å²) in [6, 6.07) is 10.0. The average molecular weight is 445 g/mol. The van der Waals surface area contributed by atoms with Crippen LogP contribution in [0.1, 0.15) is 30.5 Å². The molecule has 0 saturated carbocycles. The van der Waals surface area contributed by atoms with Crippen molar-refractivity contribution in [2.75, 3.05) is 11.9 Å². The van der Waals surface area contributed by atoms with E-state index in [0.717, 1.165) is 31.4 Å². The number of hydrogen-bond donors (Lipinski definition) is 1. The molecule has 1 saturated heterocycles. The van der Waals surface area contributed by atoms with Gasteiger partial charge < -0.3 is 5.32 Å². The number of likely N-dealkylation sites (tertiary alicyclic amines) is 1. The lowest BCUT2D eigenvalue weighted by Crippen LogP contribution is -2.46. The van der Waals surface area contributed by atoms with Gasteiger partial charge in [0.15, 0.2) is 0 Å². The van der Waals surface area contributed by atoms with Crippen LogP contribution in [-0.4, -0.2) is 32.8 Å². The van der Waals surface area contributed by atoms with E-state index in [1.54, 1.807) is 34.9 Å². The number of pyridine rings is 1. The molecular weight excluding hydrogens is 423 g/mol. The number of benzene rings is 1. The summed E-state index contributed by atoms with van der Waals surface area (Å²) in [7, 11) is 0. The van der Waals surface area contributed by atoms with Gasteiger partial charge in [-0.15, -0.1) is 0 Å². The summed E-state index contributed by atoms with van der Waals surface area (Å²) in [5.41, 5.74) is 2.74. The maximum atomic E-state index is 13.0. The maximum absolute atomic E-state index is 13.0. The first kappa shape index (κ1) is 20.8. The molecule has 2 aromatic heterocycles. The second-order valence-corrected chi connectivity index (χ2v) is 8.39. The normalized spacial score (nSPS) is 17.2. The molecule has 0 aliphatic carbocycles. The van der Waals surface area contributed by atoms with Crippen molar-refractivity contribution in [3.8, 4) is 0 Å². The molecule has 3 heterocycles. The third kappa shape index (κ3) is 4.36. The van der Waals surface area contributed by atoms with E-state index in [9.17, 15) is 9.59 Å². The molecule has 1 aliphatic heterocycles. The molecule has 6 nitrogen and oxygen atoms in total. The highest BCUT2D eigenvalue weighted by molar-refractivity contribution is 6.42. The van der Waals surface area contributed by atoms with Gasteiger partial charge in [0.1, 0.15) is 5.65 Å². The Morgan fingerprint density at radius 2 is 2.03 bits per heavy atom. The van der Waals surface area contributed by atoms with Crippen LogP contribution in [-0.2, 0) is 11.3 Å². The topological polar surface area (TPSA) is 66.7 Å². The third-order valence-corrected chi connectivity index (χ3v) is 6.15. The number of piperidine rings is 1. The minimum atomic E-state index is -0.301. The second kappa shape index (κ2) is 8.76. The van der Waals surface area contributed by atoms with Gasteiger partial charge in [0.25, 0.3) is 5.56 Å². The summed E-state index contributed by atoms with van der Waals surface area (Å²) < 4.78 is 1.55. The van der Waals surface area contributed by atoms with Crippen LogP contribution >= 0.6 is 23.2 Å². The summed E-state index contributed by atoms with van der Waals surface area (Å²) >= 11 is 12.0. The zero-order chi connectivity index (χ0) is 21.3. The van der Waals surface area contributed by atoms with Gasteiger partial charge in [0, 0.05) is 24.5 Å². The van der Waals surface area contributed by atoms with Crippen molar-refractivity contribution in [3.63, 3.8) is 0 Å². The van der Waals surface area contributed by atoms with Crippen molar-refractivity contribution in [1.29, 1.82) is 0 Å². The van der Waals surface area contributed by atoms with Gasteiger partial charge >= 0.3 is 0 Å². The monoisotopic (exact) mass is 444 g/mol. The number of carbonyl (C=O) groups excluding carboxylic acids is 1. The average Bonchev–Trinajstić information content (AvgIpc) is 2.72. The quantitative estimate of drug-likeness (QED) is 0.650. The SMILES string of the molecule is Cc1cccn2c(=O)cc(CN3CCCCC3C(=O)Nc3ccc(Cl)c(Cl)c3)nc12. The summed E-state index contributed by atoms with van der Waals surface area (Å²) in [6.07, 6.45) is 4.44. The zero-order valence-electron chi connectivity index (χ0n) is 16.6. The number of hydrogen-bond acceptors (Lipinski definition) is 4. The van der Waals surface area contributed by atoms with Crippen molar-refractivity contribution in [2.24, 2.45) is 0 Å². The maximum Gasteiger partial charge on any atom is 0.258 e. The lowest BCUT2D eigenvalue weighted by molar-refractivity contribution is -0.122. The molecule has 1 atom stereocenters. The van der Waals surface area contributed by atoms with E-state index in [4.69, 9.17) is 23.2 Å². The zero-order valence-corrected chi connectivity index (χ0v) is 18.1. The van der Waals surface area contributed by atoms with Gasteiger partial charge in [-0.3, -0.25) is 18.9 Å². The highest BCUT2D eigenvalue weighted by atomic mass is 35.5. The highest BCUT2D eigenvalue weighted by Gasteiger charge is 2.29. The molecule has 1 amide bonds. The number of nitrogens with one attached hydrogen (secondary N) is 1. The lowest BCUT2D eigenvalue weighted by Gasteiger charge is -2.34. The fourth-order valence-electron chi connectivity index (χ4n) is 3.87. The van der Waals surface area contributed by atoms with Crippen molar-refractivity contribution in [2.45, 2.75) is 38.8 Å². The molecule has 4 rings (SSSR count). The van der Waals surface area contributed by atoms with Crippen LogP contribution in [0.15, 0.2) is 47.4 Å². The van der Waals surface area contributed by atoms with Crippen LogP contribution in [0.5, 0.6) is 0 Å². The molecule has 0 bridgehead atoms. The standard InChI is InChI=1S/C22H22Cl2N4O2/c1-14-5-4-10-28-20(29)12-16(25-21(14)28)13-27-9-3-2-6-19(27)22(30)26-15-7-8-17(23)18(24)11-15/h4-5,7-8,10-12,19H,2-3,6,9,13H2,1H3,(H,26,30). The van der Waals surface area contributed by atoms with Crippen LogP contribution in [0.4, 0.5) is 5.69 Å². The second-order valence-electron chi connectivity index (χ2n) is 7.57. The van der Waals surface area contributed by atoms with E-state index >= 15 is 0 Å². The summed E-state index contributed by atoms with van der Waals surface area (Å²) in [6.45, 7) is 3.15. The molecule has 0 spiro atoms. The highest BCUT2D eigenvalue weighted by Crippen LogP contribution is 2.26. The number of aromatic nitrogens is 2. The van der Waals surface area contributed by atoms with Gasteiger partial charge in [0.05, 0.1) is 21.8 Å². The van der Waals surface area contributed by atoms with Gasteiger partial charge in [-0.2, -0.15) is 0 Å². The van der Waals surface area contributed by atoms with E-state index in [1.165, 1.54) is 0 Å². The van der Waals surface area contributed by atoms with E-state index in [-0.39, 0.29) is 17.5 Å². The Kier molecular flexibility index (Phi) is 6.09. The molecule has 1 N–H and O–H groups in total. The summed E-state index contributed by atoms with van der Waals surface area (Å²) in [5, 5.41) is 3.77. The number of anilines is 1. The van der Waals surface area contributed by atoms with E-state index in [0.29, 0.717) is 33.6 Å². The Balaban J connectivity index is 1.56. The lowest BCUT2D eigenvalue weighted by atomic mass is 10.0. The van der Waals surface area contributed by atoms with E-state index < -0.39 is 0 Å². The van der Waals surface area contributed by atoms with Gasteiger partial charge in [0.2, 0.25) is 5.91 Å². The predicted molar refractivity (Wildman–Crippen MR) is 119 cm³/mol. The molecule has 1 aliphatic rings. The number of aryl methyl sites for hydroxylation is 1. The Hall–Kier alpha value is -2.41. The third-order valence-electron chi connectivity index (χ3n) is 5.41. The fraction of sp³-hybridized carbons (Fsp3) is 0.318. The first-order valence-electron chi connectivity index (χ1n) is 9.90. The number of rotatable bonds is 4. The van der Waals surface area contributed by atoms with Crippen LogP contribution in [0, 0.1) is 6.92 Å². The van der Waals surface area contributed by atoms with E-state index in [2.05, 4.69) is 15.2 Å². The minimum Gasteiger partial charge on any atom is -0.325 e. The van der Waals surface area contributed by atoms with E-state index in [1.807, 2.05) is 19.1 Å². The Morgan fingerprint density at radius 1 is 1.20 bits per heavy atom. The summed E-state index contributed by atoms with van der Waals surface area (Å²) in [5.74, 6) is -0.0956. The molecule has 8 heteroatoms. The van der Waals surface area contributed by atoms with Crippen molar-refractivity contribution < 1.29 is 4.79 Å². The number of carbonyl (C=O) groups is 1. The minimum absolute atomic E-state index is 0.0956. The Bertz CT molecular complexity index is 1160. The molecule has 1 aromatic carbocycles. The Labute approximate surface area is 184 Å². The Morgan fingerprint density at radius 3 is 2.83 bits per heavy atom. The van der Waals surface area contributed by atoms with Crippen LogP contribution < -0.4 is 10.9 Å².